The largest absolute Gasteiger partial charge is 0.465 e. The van der Waals surface area contributed by atoms with Gasteiger partial charge in [0.2, 0.25) is 0 Å². The molecule has 0 saturated heterocycles. The van der Waals surface area contributed by atoms with Crippen LogP contribution < -0.4 is 5.32 Å². The Labute approximate surface area is 68.9 Å². The number of rotatable bonds is 4. The first-order chi connectivity index (χ1) is 4.66. The molecule has 0 fully saturated rings. The van der Waals surface area contributed by atoms with E-state index in [0.29, 0.717) is 0 Å². The van der Waals surface area contributed by atoms with Gasteiger partial charge in [-0.3, -0.25) is 0 Å². The van der Waals surface area contributed by atoms with E-state index in [-0.39, 0.29) is 6.04 Å². The fourth-order valence-electron chi connectivity index (χ4n) is 0.666. The topological polar surface area (TPSA) is 49.3 Å². The number of carbonyl (C=O) groups is 1. The van der Waals surface area contributed by atoms with Crippen molar-refractivity contribution in [2.75, 3.05) is 5.33 Å². The lowest BCUT2D eigenvalue weighted by Crippen LogP contribution is -2.30. The Hall–Kier alpha value is -0.250. The Morgan fingerprint density at radius 2 is 2.40 bits per heavy atom. The molecular weight excluding hydrogens is 198 g/mol. The maximum Gasteiger partial charge on any atom is 0.404 e. The van der Waals surface area contributed by atoms with Crippen molar-refractivity contribution in [1.82, 2.24) is 5.32 Å². The van der Waals surface area contributed by atoms with Gasteiger partial charge >= 0.3 is 6.09 Å². The lowest BCUT2D eigenvalue weighted by Gasteiger charge is -2.08. The summed E-state index contributed by atoms with van der Waals surface area (Å²) in [6.45, 7) is 1.86. The smallest absolute Gasteiger partial charge is 0.404 e. The molecule has 3 nitrogen and oxygen atoms in total. The zero-order valence-electron chi connectivity index (χ0n) is 5.93. The first kappa shape index (κ1) is 9.75. The second kappa shape index (κ2) is 5.53. The molecule has 0 radical (unpaired) electrons. The Balaban J connectivity index is 3.25. The maximum absolute atomic E-state index is 10.1. The van der Waals surface area contributed by atoms with E-state index in [1.807, 2.05) is 6.92 Å². The van der Waals surface area contributed by atoms with Crippen molar-refractivity contribution in [2.45, 2.75) is 25.8 Å². The molecule has 60 valence electrons. The molecule has 1 amide bonds. The molecule has 0 heterocycles. The van der Waals surface area contributed by atoms with Crippen molar-refractivity contribution in [3.63, 3.8) is 0 Å². The number of alkyl halides is 1. The molecule has 2 N–H and O–H groups in total. The van der Waals surface area contributed by atoms with Gasteiger partial charge in [-0.2, -0.15) is 0 Å². The quantitative estimate of drug-likeness (QED) is 0.695. The minimum atomic E-state index is -0.943. The van der Waals surface area contributed by atoms with Crippen molar-refractivity contribution in [3.05, 3.63) is 0 Å². The van der Waals surface area contributed by atoms with Crippen LogP contribution in [0.2, 0.25) is 0 Å². The summed E-state index contributed by atoms with van der Waals surface area (Å²) in [6, 6.07) is 0.0649. The highest BCUT2D eigenvalue weighted by Crippen LogP contribution is 1.98. The predicted molar refractivity (Wildman–Crippen MR) is 43.7 cm³/mol. The van der Waals surface area contributed by atoms with Gasteiger partial charge in [0.1, 0.15) is 0 Å². The van der Waals surface area contributed by atoms with E-state index in [0.717, 1.165) is 18.2 Å². The molecule has 0 bridgehead atoms. The Kier molecular flexibility index (Phi) is 5.39. The summed E-state index contributed by atoms with van der Waals surface area (Å²) in [5.74, 6) is 0. The SMILES string of the molecule is CC(CCCBr)NC(=O)O. The molecule has 0 aromatic carbocycles. The summed E-state index contributed by atoms with van der Waals surface area (Å²) in [4.78, 5) is 10.1. The molecule has 1 unspecified atom stereocenters. The minimum absolute atomic E-state index is 0.0649. The minimum Gasteiger partial charge on any atom is -0.465 e. The van der Waals surface area contributed by atoms with Crippen molar-refractivity contribution in [1.29, 1.82) is 0 Å². The zero-order valence-corrected chi connectivity index (χ0v) is 7.52. The van der Waals surface area contributed by atoms with Crippen LogP contribution in [0, 0.1) is 0 Å². The molecule has 0 aromatic rings. The summed E-state index contributed by atoms with van der Waals surface area (Å²) in [7, 11) is 0. The van der Waals surface area contributed by atoms with E-state index >= 15 is 0 Å². The fourth-order valence-corrected chi connectivity index (χ4v) is 0.990. The number of amides is 1. The van der Waals surface area contributed by atoms with E-state index < -0.39 is 6.09 Å². The lowest BCUT2D eigenvalue weighted by atomic mass is 10.2. The van der Waals surface area contributed by atoms with Crippen LogP contribution in [-0.4, -0.2) is 22.6 Å². The van der Waals surface area contributed by atoms with Crippen LogP contribution in [0.5, 0.6) is 0 Å². The van der Waals surface area contributed by atoms with Gasteiger partial charge in [-0.25, -0.2) is 4.79 Å². The maximum atomic E-state index is 10.1. The van der Waals surface area contributed by atoms with Gasteiger partial charge in [0.05, 0.1) is 0 Å². The van der Waals surface area contributed by atoms with Crippen LogP contribution in [0.1, 0.15) is 19.8 Å². The van der Waals surface area contributed by atoms with Crippen LogP contribution in [0.4, 0.5) is 4.79 Å². The zero-order chi connectivity index (χ0) is 7.98. The highest BCUT2D eigenvalue weighted by Gasteiger charge is 2.02. The van der Waals surface area contributed by atoms with Crippen LogP contribution in [0.15, 0.2) is 0 Å². The molecule has 10 heavy (non-hydrogen) atoms. The molecule has 0 aliphatic carbocycles. The third kappa shape index (κ3) is 5.88. The molecule has 0 aliphatic heterocycles. The highest BCUT2D eigenvalue weighted by molar-refractivity contribution is 9.09. The number of halogens is 1. The van der Waals surface area contributed by atoms with Crippen LogP contribution >= 0.6 is 15.9 Å². The number of carboxylic acid groups (broad SMARTS) is 1. The van der Waals surface area contributed by atoms with E-state index in [4.69, 9.17) is 5.11 Å². The molecule has 0 aliphatic rings. The van der Waals surface area contributed by atoms with Crippen molar-refractivity contribution in [2.24, 2.45) is 0 Å². The fraction of sp³-hybridized carbons (Fsp3) is 0.833. The summed E-state index contributed by atoms with van der Waals surface area (Å²) in [5.41, 5.74) is 0. The third-order valence-electron chi connectivity index (χ3n) is 1.14. The van der Waals surface area contributed by atoms with Gasteiger partial charge in [-0.15, -0.1) is 0 Å². The Bertz CT molecular complexity index is 108. The summed E-state index contributed by atoms with van der Waals surface area (Å²) in [6.07, 6.45) is 0.945. The normalized spacial score (nSPS) is 12.6. The van der Waals surface area contributed by atoms with Crippen LogP contribution in [0.3, 0.4) is 0 Å². The van der Waals surface area contributed by atoms with Gasteiger partial charge in [-0.05, 0) is 19.8 Å². The van der Waals surface area contributed by atoms with Crippen LogP contribution in [0.25, 0.3) is 0 Å². The van der Waals surface area contributed by atoms with Gasteiger partial charge in [0.25, 0.3) is 0 Å². The molecule has 0 saturated carbocycles. The second-order valence-electron chi connectivity index (χ2n) is 2.18. The number of hydrogen-bond acceptors (Lipinski definition) is 1. The predicted octanol–water partition coefficient (Wildman–Crippen LogP) is 1.82. The van der Waals surface area contributed by atoms with Crippen molar-refractivity contribution >= 4 is 22.0 Å². The monoisotopic (exact) mass is 209 g/mol. The van der Waals surface area contributed by atoms with E-state index in [9.17, 15) is 4.79 Å². The van der Waals surface area contributed by atoms with Crippen molar-refractivity contribution in [3.8, 4) is 0 Å². The molecule has 0 spiro atoms. The average molecular weight is 210 g/mol. The van der Waals surface area contributed by atoms with Gasteiger partial charge in [0, 0.05) is 11.4 Å². The first-order valence-electron chi connectivity index (χ1n) is 3.22. The number of nitrogens with one attached hydrogen (secondary N) is 1. The first-order valence-corrected chi connectivity index (χ1v) is 4.34. The second-order valence-corrected chi connectivity index (χ2v) is 2.97. The summed E-state index contributed by atoms with van der Waals surface area (Å²) in [5, 5.41) is 11.6. The van der Waals surface area contributed by atoms with E-state index in [1.54, 1.807) is 0 Å². The van der Waals surface area contributed by atoms with Gasteiger partial charge < -0.3 is 10.4 Å². The van der Waals surface area contributed by atoms with Gasteiger partial charge in [0.15, 0.2) is 0 Å². The van der Waals surface area contributed by atoms with E-state index in [2.05, 4.69) is 21.2 Å². The summed E-state index contributed by atoms with van der Waals surface area (Å²) >= 11 is 3.27. The third-order valence-corrected chi connectivity index (χ3v) is 1.70. The lowest BCUT2D eigenvalue weighted by molar-refractivity contribution is 0.190. The van der Waals surface area contributed by atoms with Crippen molar-refractivity contribution < 1.29 is 9.90 Å². The number of hydrogen-bond donors (Lipinski definition) is 2. The van der Waals surface area contributed by atoms with E-state index in [1.165, 1.54) is 0 Å². The summed E-state index contributed by atoms with van der Waals surface area (Å²) < 4.78 is 0. The Morgan fingerprint density at radius 1 is 1.80 bits per heavy atom. The highest BCUT2D eigenvalue weighted by atomic mass is 79.9. The Morgan fingerprint density at radius 3 is 2.80 bits per heavy atom. The molecular formula is C6H12BrNO2. The molecule has 0 aromatic heterocycles. The molecule has 0 rings (SSSR count). The standard InChI is InChI=1S/C6H12BrNO2/c1-5(3-2-4-7)8-6(9)10/h5,8H,2-4H2,1H3,(H,9,10). The molecule has 1 atom stereocenters. The van der Waals surface area contributed by atoms with Crippen LogP contribution in [-0.2, 0) is 0 Å². The average Bonchev–Trinajstić information content (AvgIpc) is 1.82. The van der Waals surface area contributed by atoms with Gasteiger partial charge in [-0.1, -0.05) is 15.9 Å². The molecule has 4 heteroatoms.